The van der Waals surface area contributed by atoms with Crippen LogP contribution in [-0.2, 0) is 20.4 Å². The Morgan fingerprint density at radius 3 is 1.25 bits per heavy atom. The van der Waals surface area contributed by atoms with Gasteiger partial charge < -0.3 is 0 Å². The van der Waals surface area contributed by atoms with Crippen LogP contribution >= 0.6 is 37.2 Å². The average molecular weight is 214 g/mol. The van der Waals surface area contributed by atoms with Gasteiger partial charge in [-0.1, -0.05) is 0 Å². The van der Waals surface area contributed by atoms with Gasteiger partial charge in [-0.3, -0.25) is 0 Å². The number of hydrogen-bond donors (Lipinski definition) is 0. The molecule has 0 aromatic carbocycles. The molecule has 0 heterocycles. The second kappa shape index (κ2) is 15.8. The Balaban J connectivity index is -0.0000000267. The molecule has 0 N–H and O–H groups in total. The van der Waals surface area contributed by atoms with Crippen LogP contribution in [0.1, 0.15) is 13.8 Å². The first-order valence-electron chi connectivity index (χ1n) is 1.92. The summed E-state index contributed by atoms with van der Waals surface area (Å²) >= 11 is 2.20. The molecule has 0 saturated heterocycles. The molecule has 0 saturated carbocycles. The van der Waals surface area contributed by atoms with E-state index in [4.69, 9.17) is 0 Å². The zero-order chi connectivity index (χ0) is 4.28. The van der Waals surface area contributed by atoms with Gasteiger partial charge in [-0.05, 0) is 0 Å². The molecule has 0 atom stereocenters. The third-order valence-corrected chi connectivity index (χ3v) is 1.68. The molecule has 0 radical (unpaired) electrons. The zero-order valence-electron chi connectivity index (χ0n) is 5.01. The minimum Gasteiger partial charge on any atom is -0.147 e. The van der Waals surface area contributed by atoms with Crippen molar-refractivity contribution in [2.45, 2.75) is 18.6 Å². The van der Waals surface area contributed by atoms with Crippen LogP contribution in [0, 0.1) is 5.92 Å². The summed E-state index contributed by atoms with van der Waals surface area (Å²) in [5.41, 5.74) is 0. The van der Waals surface area contributed by atoms with E-state index in [2.05, 4.69) is 34.3 Å². The Kier molecular flexibility index (Phi) is 44.8. The van der Waals surface area contributed by atoms with Crippen LogP contribution in [0.4, 0.5) is 0 Å². The van der Waals surface area contributed by atoms with E-state index in [1.807, 2.05) is 0 Å². The second-order valence-electron chi connectivity index (χ2n) is 1.60. The van der Waals surface area contributed by atoms with Crippen LogP contribution in [0.25, 0.3) is 0 Å². The summed E-state index contributed by atoms with van der Waals surface area (Å²) < 4.78 is 1.31. The molecular formula is C4H12Cl3Ti. The van der Waals surface area contributed by atoms with Gasteiger partial charge in [0, 0.05) is 0 Å². The first kappa shape index (κ1) is 22.6. The van der Waals surface area contributed by atoms with Gasteiger partial charge in [0.1, 0.15) is 0 Å². The minimum absolute atomic E-state index is 0. The fraction of sp³-hybridized carbons (Fsp3) is 1.00. The van der Waals surface area contributed by atoms with Crippen molar-refractivity contribution in [1.82, 2.24) is 0 Å². The normalized spacial score (nSPS) is 5.75. The van der Waals surface area contributed by atoms with Crippen molar-refractivity contribution in [3.05, 3.63) is 0 Å². The third kappa shape index (κ3) is 25.6. The van der Waals surface area contributed by atoms with Crippen molar-refractivity contribution >= 4 is 37.2 Å². The second-order valence-corrected chi connectivity index (χ2v) is 2.24. The van der Waals surface area contributed by atoms with Gasteiger partial charge in [0.15, 0.2) is 0 Å². The summed E-state index contributed by atoms with van der Waals surface area (Å²) in [6.45, 7) is 4.44. The van der Waals surface area contributed by atoms with E-state index in [9.17, 15) is 0 Å². The van der Waals surface area contributed by atoms with Crippen LogP contribution in [0.3, 0.4) is 0 Å². The predicted octanol–water partition coefficient (Wildman–Crippen LogP) is 2.87. The fourth-order valence-corrected chi connectivity index (χ4v) is 0. The molecule has 8 heavy (non-hydrogen) atoms. The van der Waals surface area contributed by atoms with E-state index in [1.54, 1.807) is 0 Å². The van der Waals surface area contributed by atoms with Crippen molar-refractivity contribution in [2.24, 2.45) is 5.92 Å². The molecule has 0 aliphatic heterocycles. The van der Waals surface area contributed by atoms with Gasteiger partial charge in [0.05, 0.1) is 0 Å². The van der Waals surface area contributed by atoms with Crippen LogP contribution in [0.2, 0.25) is 4.73 Å². The Morgan fingerprint density at radius 1 is 1.12 bits per heavy atom. The molecule has 4 heteroatoms. The van der Waals surface area contributed by atoms with Crippen molar-refractivity contribution in [3.8, 4) is 0 Å². The van der Waals surface area contributed by atoms with Gasteiger partial charge >= 0.3 is 44.9 Å². The molecular weight excluding hydrogens is 202 g/mol. The Labute approximate surface area is 81.8 Å². The van der Waals surface area contributed by atoms with E-state index >= 15 is 0 Å². The molecule has 0 aromatic heterocycles. The molecule has 53 valence electrons. The molecule has 0 aliphatic rings. The average Bonchev–Trinajstić information content (AvgIpc) is 1.38. The quantitative estimate of drug-likeness (QED) is 0.589. The predicted molar refractivity (Wildman–Crippen MR) is 41.4 cm³/mol. The Hall–Kier alpha value is 1.58. The van der Waals surface area contributed by atoms with Gasteiger partial charge in [0.25, 0.3) is 0 Å². The van der Waals surface area contributed by atoms with E-state index in [1.165, 1.54) is 4.73 Å². The first-order valence-corrected chi connectivity index (χ1v) is 3.02. The monoisotopic (exact) mass is 213 g/mol. The summed E-state index contributed by atoms with van der Waals surface area (Å²) in [5.74, 6) is 0.884. The summed E-state index contributed by atoms with van der Waals surface area (Å²) in [5, 5.41) is 0. The van der Waals surface area contributed by atoms with Gasteiger partial charge in [-0.15, -0.1) is 37.2 Å². The topological polar surface area (TPSA) is 0 Å². The third-order valence-electron chi connectivity index (χ3n) is 0.408. The van der Waals surface area contributed by atoms with Gasteiger partial charge in [-0.2, -0.15) is 0 Å². The maximum Gasteiger partial charge on any atom is -0.147 e. The van der Waals surface area contributed by atoms with Crippen LogP contribution in [0.15, 0.2) is 0 Å². The molecule has 0 rings (SSSR count). The number of halogens is 3. The van der Waals surface area contributed by atoms with Crippen LogP contribution < -0.4 is 0 Å². The van der Waals surface area contributed by atoms with Crippen molar-refractivity contribution < 1.29 is 20.4 Å². The molecule has 0 aliphatic carbocycles. The molecule has 0 amide bonds. The summed E-state index contributed by atoms with van der Waals surface area (Å²) in [6.07, 6.45) is 0. The Bertz CT molecular complexity index is 25.2. The van der Waals surface area contributed by atoms with E-state index in [0.29, 0.717) is 0 Å². The summed E-state index contributed by atoms with van der Waals surface area (Å²) in [6, 6.07) is 0. The molecule has 0 nitrogen and oxygen atoms in total. The number of rotatable bonds is 1. The number of hydrogen-bond acceptors (Lipinski definition) is 0. The van der Waals surface area contributed by atoms with E-state index < -0.39 is 0 Å². The largest absolute Gasteiger partial charge is 0.147 e. The van der Waals surface area contributed by atoms with Crippen LogP contribution in [0.5, 0.6) is 0 Å². The molecule has 0 fully saturated rings. The molecule has 0 aromatic rings. The molecule has 0 bridgehead atoms. The van der Waals surface area contributed by atoms with Gasteiger partial charge in [-0.25, -0.2) is 0 Å². The zero-order valence-corrected chi connectivity index (χ0v) is 9.02. The maximum absolute atomic E-state index is 2.22. The van der Waals surface area contributed by atoms with Crippen LogP contribution in [-0.4, -0.2) is 0 Å². The van der Waals surface area contributed by atoms with E-state index in [-0.39, 0.29) is 37.2 Å². The summed E-state index contributed by atoms with van der Waals surface area (Å²) in [7, 11) is 0. The van der Waals surface area contributed by atoms with Gasteiger partial charge in [0.2, 0.25) is 0 Å². The Morgan fingerprint density at radius 2 is 1.25 bits per heavy atom. The van der Waals surface area contributed by atoms with Crippen molar-refractivity contribution in [1.29, 1.82) is 0 Å². The standard InChI is InChI=1S/C4H9.3ClH.Ti/c1-4(2)3;;;;/h4H,1H2,2-3H3;3*1H;. The maximum atomic E-state index is 2.22. The fourth-order valence-electron chi connectivity index (χ4n) is 0. The smallest absolute Gasteiger partial charge is 0.147 e. The van der Waals surface area contributed by atoms with Crippen molar-refractivity contribution in [2.75, 3.05) is 0 Å². The first-order chi connectivity index (χ1) is 2.27. The van der Waals surface area contributed by atoms with E-state index in [0.717, 1.165) is 5.92 Å². The minimum atomic E-state index is 0. The molecule has 0 spiro atoms. The SMILES string of the molecule is CC(C)[CH2][Ti].Cl.Cl.Cl. The molecule has 0 unspecified atom stereocenters. The van der Waals surface area contributed by atoms with Crippen molar-refractivity contribution in [3.63, 3.8) is 0 Å². The summed E-state index contributed by atoms with van der Waals surface area (Å²) in [4.78, 5) is 0.